The molecular weight excluding hydrogens is 885 g/mol. The maximum absolute atomic E-state index is 13.3. The average molecular weight is 951 g/mol. The van der Waals surface area contributed by atoms with Crippen LogP contribution in [0.15, 0.2) is 0 Å². The Morgan fingerprint density at radius 2 is 0.635 bits per heavy atom. The maximum atomic E-state index is 13.3. The number of rotatable bonds is 6. The third-order valence-electron chi connectivity index (χ3n) is 19.2. The Morgan fingerprint density at radius 3 is 0.905 bits per heavy atom. The summed E-state index contributed by atoms with van der Waals surface area (Å²) in [6.45, 7) is 5.86. The molecular formula is C48H66N6O4S5. The Kier molecular flexibility index (Phi) is 10.4. The van der Waals surface area contributed by atoms with Gasteiger partial charge in [-0.2, -0.15) is 0 Å². The highest BCUT2D eigenvalue weighted by Gasteiger charge is 2.61. The van der Waals surface area contributed by atoms with Gasteiger partial charge < -0.3 is 38.9 Å². The minimum absolute atomic E-state index is 0.0469. The zero-order chi connectivity index (χ0) is 43.5. The molecule has 1 amide bonds. The van der Waals surface area contributed by atoms with Crippen molar-refractivity contribution in [2.24, 2.45) is 35.5 Å². The molecule has 12 aliphatic heterocycles. The third-order valence-corrected chi connectivity index (χ3v) is 21.8. The van der Waals surface area contributed by atoms with Crippen molar-refractivity contribution in [2.75, 3.05) is 7.11 Å². The van der Waals surface area contributed by atoms with Crippen LogP contribution in [-0.2, 0) is 14.3 Å². The molecule has 342 valence electrons. The first-order valence-corrected chi connectivity index (χ1v) is 27.0. The van der Waals surface area contributed by atoms with Gasteiger partial charge in [-0.3, -0.25) is 4.79 Å². The second-order valence-electron chi connectivity index (χ2n) is 23.0. The van der Waals surface area contributed by atoms with Crippen molar-refractivity contribution in [1.29, 1.82) is 0 Å². The summed E-state index contributed by atoms with van der Waals surface area (Å²) in [4.78, 5) is 47.0. The van der Waals surface area contributed by atoms with Crippen LogP contribution in [-0.4, -0.2) is 152 Å². The van der Waals surface area contributed by atoms with Gasteiger partial charge in [0.25, 0.3) is 0 Å². The number of ether oxygens (including phenoxy) is 2. The molecule has 15 heteroatoms. The monoisotopic (exact) mass is 950 g/mol. The lowest BCUT2D eigenvalue weighted by atomic mass is 9.87. The van der Waals surface area contributed by atoms with Gasteiger partial charge in [0.2, 0.25) is 0 Å². The van der Waals surface area contributed by atoms with Crippen molar-refractivity contribution < 1.29 is 19.1 Å². The van der Waals surface area contributed by atoms with Crippen LogP contribution in [0.4, 0.5) is 4.79 Å². The predicted octanol–water partition coefficient (Wildman–Crippen LogP) is 7.85. The van der Waals surface area contributed by atoms with E-state index in [1.54, 1.807) is 0 Å². The van der Waals surface area contributed by atoms with E-state index >= 15 is 0 Å². The van der Waals surface area contributed by atoms with Crippen LogP contribution < -0.4 is 0 Å². The van der Waals surface area contributed by atoms with E-state index in [9.17, 15) is 9.59 Å². The molecule has 12 aliphatic rings. The fraction of sp³-hybridized carbons (Fsp3) is 0.854. The quantitative estimate of drug-likeness (QED) is 0.192. The van der Waals surface area contributed by atoms with Crippen LogP contribution in [0.1, 0.15) is 136 Å². The van der Waals surface area contributed by atoms with Crippen molar-refractivity contribution >= 4 is 98.1 Å². The number of hydrogen-bond acceptors (Lipinski definition) is 9. The lowest BCUT2D eigenvalue weighted by molar-refractivity contribution is -0.146. The number of carbonyl (C=O) groups excluding carboxylic acids is 2. The molecule has 18 atom stereocenters. The highest BCUT2D eigenvalue weighted by atomic mass is 32.1. The number of thiocarbonyl (C=S) groups is 5. The molecule has 0 aromatic rings. The number of nitrogens with zero attached hydrogens (tertiary/aromatic N) is 6. The van der Waals surface area contributed by atoms with Gasteiger partial charge in [0, 0.05) is 102 Å². The van der Waals surface area contributed by atoms with E-state index in [-0.39, 0.29) is 42.0 Å². The number of amides is 1. The number of carbonyl (C=O) groups is 2. The largest absolute Gasteiger partial charge is 0.469 e. The van der Waals surface area contributed by atoms with Crippen LogP contribution in [0.2, 0.25) is 0 Å². The van der Waals surface area contributed by atoms with Crippen LogP contribution in [0, 0.1) is 35.5 Å². The lowest BCUT2D eigenvalue weighted by Gasteiger charge is -2.37. The van der Waals surface area contributed by atoms with E-state index in [0.29, 0.717) is 78.0 Å². The van der Waals surface area contributed by atoms with Gasteiger partial charge in [-0.25, -0.2) is 4.79 Å². The van der Waals surface area contributed by atoms with E-state index in [0.717, 1.165) is 87.0 Å². The van der Waals surface area contributed by atoms with Crippen LogP contribution >= 0.6 is 61.1 Å². The Labute approximate surface area is 401 Å². The van der Waals surface area contributed by atoms with Crippen molar-refractivity contribution in [3.05, 3.63) is 0 Å². The lowest BCUT2D eigenvalue weighted by Crippen LogP contribution is -2.48. The molecule has 12 fully saturated rings. The summed E-state index contributed by atoms with van der Waals surface area (Å²) in [6.07, 6.45) is 19.8. The Bertz CT molecular complexity index is 2030. The summed E-state index contributed by atoms with van der Waals surface area (Å²) in [5.41, 5.74) is -0.504. The smallest absolute Gasteiger partial charge is 0.410 e. The molecule has 0 aromatic heterocycles. The van der Waals surface area contributed by atoms with Crippen molar-refractivity contribution in [2.45, 2.75) is 214 Å². The minimum atomic E-state index is -0.504. The van der Waals surface area contributed by atoms with E-state index in [4.69, 9.17) is 70.6 Å². The molecule has 0 aromatic carbocycles. The summed E-state index contributed by atoms with van der Waals surface area (Å²) >= 11 is 32.7. The third kappa shape index (κ3) is 6.35. The molecule has 0 spiro atoms. The van der Waals surface area contributed by atoms with E-state index < -0.39 is 5.60 Å². The van der Waals surface area contributed by atoms with E-state index in [1.165, 1.54) is 60.6 Å². The first-order chi connectivity index (χ1) is 30.2. The Morgan fingerprint density at radius 1 is 0.397 bits per heavy atom. The molecule has 0 aliphatic carbocycles. The Balaban J connectivity index is 0.696. The highest BCUT2D eigenvalue weighted by molar-refractivity contribution is 7.81. The van der Waals surface area contributed by atoms with Crippen LogP contribution in [0.5, 0.6) is 0 Å². The Hall–Kier alpha value is -1.81. The summed E-state index contributed by atoms with van der Waals surface area (Å²) in [7, 11) is 1.52. The predicted molar refractivity (Wildman–Crippen MR) is 262 cm³/mol. The van der Waals surface area contributed by atoms with E-state index in [1.807, 2.05) is 25.7 Å². The second-order valence-corrected chi connectivity index (χ2v) is 25.1. The standard InChI is InChI=1S/C48H66N6O4S5/c1-48(2,3)58-47(56)54-28-10-15-39(54)33(21-28)45(63)52-26-8-13-37(52)31(19-26)43(61)50-24-6-11-35(50)29(17-24)41(59)49-23-5-12-36(49)30(18-23)42(60)51-25-7-14-38(51)32(20-25)44(62)53-27-9-16-40(53)34(22-27)46(55)57-4/h23-40H,5-22H2,1-4H3. The van der Waals surface area contributed by atoms with Gasteiger partial charge in [0.05, 0.1) is 38.0 Å². The first-order valence-electron chi connectivity index (χ1n) is 24.9. The molecule has 12 saturated heterocycles. The van der Waals surface area contributed by atoms with Crippen LogP contribution in [0.3, 0.4) is 0 Å². The normalized spacial score (nSPS) is 44.6. The van der Waals surface area contributed by atoms with Gasteiger partial charge in [-0.05, 0) is 136 Å². The summed E-state index contributed by atoms with van der Waals surface area (Å²) in [6, 6.07) is 4.36. The molecule has 0 saturated carbocycles. The van der Waals surface area contributed by atoms with E-state index in [2.05, 4.69) is 24.5 Å². The topological polar surface area (TPSA) is 72.0 Å². The zero-order valence-corrected chi connectivity index (χ0v) is 41.6. The zero-order valence-electron chi connectivity index (χ0n) is 37.5. The highest BCUT2D eigenvalue weighted by Crippen LogP contribution is 2.55. The van der Waals surface area contributed by atoms with Gasteiger partial charge >= 0.3 is 12.1 Å². The fourth-order valence-corrected chi connectivity index (χ4v) is 19.6. The van der Waals surface area contributed by atoms with Crippen molar-refractivity contribution in [1.82, 2.24) is 29.4 Å². The molecule has 63 heavy (non-hydrogen) atoms. The summed E-state index contributed by atoms with van der Waals surface area (Å²) in [5.74, 6) is 1.52. The summed E-state index contributed by atoms with van der Waals surface area (Å²) < 4.78 is 11.1. The molecule has 10 nitrogen and oxygen atoms in total. The average Bonchev–Trinajstić information content (AvgIpc) is 4.14. The van der Waals surface area contributed by atoms with Gasteiger partial charge in [-0.15, -0.1) is 0 Å². The van der Waals surface area contributed by atoms with Gasteiger partial charge in [0.1, 0.15) is 5.60 Å². The van der Waals surface area contributed by atoms with Crippen molar-refractivity contribution in [3.63, 3.8) is 0 Å². The number of fused-ring (bicyclic) bond motifs is 12. The van der Waals surface area contributed by atoms with Gasteiger partial charge in [0.15, 0.2) is 0 Å². The second kappa shape index (κ2) is 15.4. The molecule has 0 N–H and O–H groups in total. The van der Waals surface area contributed by atoms with Crippen LogP contribution in [0.25, 0.3) is 0 Å². The fourth-order valence-electron chi connectivity index (χ4n) is 16.9. The number of methoxy groups -OCH3 is 1. The summed E-state index contributed by atoms with van der Waals surface area (Å²) in [5, 5.41) is 0. The molecule has 12 heterocycles. The number of esters is 1. The molecule has 18 unspecified atom stereocenters. The molecule has 12 rings (SSSR count). The maximum Gasteiger partial charge on any atom is 0.410 e. The van der Waals surface area contributed by atoms with Gasteiger partial charge in [-0.1, -0.05) is 61.1 Å². The molecule has 0 radical (unpaired) electrons. The minimum Gasteiger partial charge on any atom is -0.469 e. The van der Waals surface area contributed by atoms with Crippen molar-refractivity contribution in [3.8, 4) is 0 Å². The first kappa shape index (κ1) is 42.5. The SMILES string of the molecule is COC(=O)C1CC2CCC1N2C(=S)C1CC2CCC1N2C(=S)C1CC2CCC1N2C(=S)C1CC2CCC1N2C(=S)C1CC2CCC1N2C(=S)C1CC2CCC1N2C(=O)OC(C)(C)C. The number of hydrogen-bond donors (Lipinski definition) is 0. The molecule has 12 bridgehead atoms.